The lowest BCUT2D eigenvalue weighted by Crippen LogP contribution is -2.25. The van der Waals surface area contributed by atoms with E-state index in [0.29, 0.717) is 22.8 Å². The van der Waals surface area contributed by atoms with E-state index in [9.17, 15) is 0 Å². The number of ether oxygens (including phenoxy) is 1. The fourth-order valence-corrected chi connectivity index (χ4v) is 1.62. The van der Waals surface area contributed by atoms with Crippen molar-refractivity contribution in [2.24, 2.45) is 10.8 Å². The van der Waals surface area contributed by atoms with E-state index < -0.39 is 0 Å². The molecule has 0 atom stereocenters. The average Bonchev–Trinajstić information content (AvgIpc) is 2.79. The van der Waals surface area contributed by atoms with Gasteiger partial charge in [0.2, 0.25) is 0 Å². The van der Waals surface area contributed by atoms with Crippen LogP contribution in [0.25, 0.3) is 11.0 Å². The molecule has 0 aliphatic rings. The topological polar surface area (TPSA) is 72.8 Å². The molecule has 0 aliphatic carbocycles. The number of rotatable bonds is 3. The van der Waals surface area contributed by atoms with Crippen molar-refractivity contribution >= 4 is 34.0 Å². The number of nitrogens with one attached hydrogen (secondary N) is 1. The second kappa shape index (κ2) is 5.05. The van der Waals surface area contributed by atoms with E-state index in [1.165, 1.54) is 0 Å². The highest BCUT2D eigenvalue weighted by molar-refractivity contribution is 7.80. The molecule has 0 radical (unpaired) electrons. The zero-order valence-corrected chi connectivity index (χ0v) is 10.9. The van der Waals surface area contributed by atoms with Gasteiger partial charge >= 0.3 is 0 Å². The number of fused-ring (bicyclic) bond motifs is 1. The summed E-state index contributed by atoms with van der Waals surface area (Å²) in [4.78, 5) is 0. The third-order valence-electron chi connectivity index (χ3n) is 2.42. The summed E-state index contributed by atoms with van der Waals surface area (Å²) in [5.41, 5.74) is 9.17. The predicted molar refractivity (Wildman–Crippen MR) is 74.9 cm³/mol. The standard InChI is InChI=1S/C12H13N3O2S/c1-7(14-15-12(13)18)10-6-8-4-3-5-9(16-2)11(8)17-10/h3-6H,1-2H3,(H3,13,15,18)/b14-7-. The highest BCUT2D eigenvalue weighted by Gasteiger charge is 2.10. The summed E-state index contributed by atoms with van der Waals surface area (Å²) < 4.78 is 10.9. The zero-order chi connectivity index (χ0) is 13.1. The lowest BCUT2D eigenvalue weighted by molar-refractivity contribution is 0.410. The van der Waals surface area contributed by atoms with Crippen molar-refractivity contribution in [2.75, 3.05) is 7.11 Å². The van der Waals surface area contributed by atoms with Gasteiger partial charge in [0, 0.05) is 5.39 Å². The van der Waals surface area contributed by atoms with Crippen LogP contribution in [0.15, 0.2) is 33.8 Å². The van der Waals surface area contributed by atoms with Crippen LogP contribution in [0.1, 0.15) is 12.7 Å². The summed E-state index contributed by atoms with van der Waals surface area (Å²) >= 11 is 4.68. The Morgan fingerprint density at radius 1 is 1.50 bits per heavy atom. The van der Waals surface area contributed by atoms with Gasteiger partial charge in [-0.15, -0.1) is 0 Å². The van der Waals surface area contributed by atoms with Crippen molar-refractivity contribution < 1.29 is 9.15 Å². The lowest BCUT2D eigenvalue weighted by Gasteiger charge is -1.99. The molecular formula is C12H13N3O2S. The van der Waals surface area contributed by atoms with Crippen molar-refractivity contribution in [3.05, 3.63) is 30.0 Å². The van der Waals surface area contributed by atoms with E-state index in [1.54, 1.807) is 14.0 Å². The normalized spacial score (nSPS) is 11.6. The maximum absolute atomic E-state index is 5.70. The van der Waals surface area contributed by atoms with E-state index in [-0.39, 0.29) is 5.11 Å². The third kappa shape index (κ3) is 2.43. The fraction of sp³-hybridized carbons (Fsp3) is 0.167. The van der Waals surface area contributed by atoms with E-state index in [0.717, 1.165) is 5.39 Å². The van der Waals surface area contributed by atoms with Gasteiger partial charge in [0.05, 0.1) is 7.11 Å². The minimum atomic E-state index is 0.114. The number of nitrogens with two attached hydrogens (primary N) is 1. The number of methoxy groups -OCH3 is 1. The summed E-state index contributed by atoms with van der Waals surface area (Å²) in [6, 6.07) is 7.58. The average molecular weight is 263 g/mol. The maximum atomic E-state index is 5.70. The minimum absolute atomic E-state index is 0.114. The Morgan fingerprint density at radius 2 is 2.28 bits per heavy atom. The molecule has 94 valence electrons. The first-order chi connectivity index (χ1) is 8.61. The van der Waals surface area contributed by atoms with Crippen molar-refractivity contribution in [1.29, 1.82) is 0 Å². The molecule has 1 aromatic carbocycles. The zero-order valence-electron chi connectivity index (χ0n) is 10.1. The smallest absolute Gasteiger partial charge is 0.184 e. The number of hydrogen-bond donors (Lipinski definition) is 2. The SMILES string of the molecule is COc1cccc2cc(/C(C)=N\NC(N)=S)oc12. The quantitative estimate of drug-likeness (QED) is 0.503. The van der Waals surface area contributed by atoms with Crippen LogP contribution in [-0.2, 0) is 0 Å². The monoisotopic (exact) mass is 263 g/mol. The molecule has 1 aromatic heterocycles. The molecule has 3 N–H and O–H groups in total. The molecule has 0 amide bonds. The van der Waals surface area contributed by atoms with Gasteiger partial charge < -0.3 is 14.9 Å². The van der Waals surface area contributed by atoms with Gasteiger partial charge in [0.25, 0.3) is 0 Å². The summed E-state index contributed by atoms with van der Waals surface area (Å²) in [5.74, 6) is 1.33. The molecule has 18 heavy (non-hydrogen) atoms. The van der Waals surface area contributed by atoms with Crippen LogP contribution in [0.2, 0.25) is 0 Å². The van der Waals surface area contributed by atoms with Gasteiger partial charge in [-0.1, -0.05) is 12.1 Å². The number of benzene rings is 1. The van der Waals surface area contributed by atoms with Crippen molar-refractivity contribution in [3.8, 4) is 5.75 Å². The number of hydrazone groups is 1. The molecule has 2 rings (SSSR count). The first-order valence-corrected chi connectivity index (χ1v) is 5.69. The van der Waals surface area contributed by atoms with Gasteiger partial charge in [0.1, 0.15) is 5.71 Å². The summed E-state index contributed by atoms with van der Waals surface area (Å²) in [6.45, 7) is 1.80. The molecular weight excluding hydrogens is 250 g/mol. The van der Waals surface area contributed by atoms with Gasteiger partial charge in [0.15, 0.2) is 22.2 Å². The minimum Gasteiger partial charge on any atom is -0.493 e. The molecule has 0 spiro atoms. The first kappa shape index (κ1) is 12.4. The summed E-state index contributed by atoms with van der Waals surface area (Å²) in [5, 5.41) is 5.08. The molecule has 6 heteroatoms. The van der Waals surface area contributed by atoms with Crippen LogP contribution in [0, 0.1) is 0 Å². The molecule has 1 heterocycles. The third-order valence-corrected chi connectivity index (χ3v) is 2.51. The Bertz CT molecular complexity index is 619. The molecule has 0 unspecified atom stereocenters. The molecule has 0 saturated carbocycles. The molecule has 2 aromatic rings. The summed E-state index contributed by atoms with van der Waals surface area (Å²) in [7, 11) is 1.60. The number of thiocarbonyl (C=S) groups is 1. The van der Waals surface area contributed by atoms with Crippen LogP contribution < -0.4 is 15.9 Å². The van der Waals surface area contributed by atoms with Gasteiger partial charge in [-0.05, 0) is 31.3 Å². The van der Waals surface area contributed by atoms with E-state index in [4.69, 9.17) is 14.9 Å². The Hall–Kier alpha value is -2.08. The first-order valence-electron chi connectivity index (χ1n) is 5.28. The largest absolute Gasteiger partial charge is 0.493 e. The maximum Gasteiger partial charge on any atom is 0.184 e. The van der Waals surface area contributed by atoms with Gasteiger partial charge in [-0.3, -0.25) is 5.43 Å². The Labute approximate surface area is 110 Å². The van der Waals surface area contributed by atoms with Crippen LogP contribution >= 0.6 is 12.2 Å². The van der Waals surface area contributed by atoms with Crippen molar-refractivity contribution in [1.82, 2.24) is 5.43 Å². The van der Waals surface area contributed by atoms with Crippen LogP contribution in [0.5, 0.6) is 5.75 Å². The second-order valence-electron chi connectivity index (χ2n) is 3.66. The van der Waals surface area contributed by atoms with Crippen LogP contribution in [0.3, 0.4) is 0 Å². The summed E-state index contributed by atoms with van der Waals surface area (Å²) in [6.07, 6.45) is 0. The molecule has 0 saturated heterocycles. The highest BCUT2D eigenvalue weighted by atomic mass is 32.1. The van der Waals surface area contributed by atoms with Gasteiger partial charge in [-0.2, -0.15) is 5.10 Å². The van der Waals surface area contributed by atoms with Crippen LogP contribution in [-0.4, -0.2) is 17.9 Å². The van der Waals surface area contributed by atoms with Crippen LogP contribution in [0.4, 0.5) is 0 Å². The molecule has 5 nitrogen and oxygen atoms in total. The Kier molecular flexibility index (Phi) is 3.47. The fourth-order valence-electron chi connectivity index (χ4n) is 1.57. The van der Waals surface area contributed by atoms with E-state index in [1.807, 2.05) is 24.3 Å². The number of nitrogens with zero attached hydrogens (tertiary/aromatic N) is 1. The predicted octanol–water partition coefficient (Wildman–Crippen LogP) is 2.00. The number of furan rings is 1. The molecule has 0 bridgehead atoms. The highest BCUT2D eigenvalue weighted by Crippen LogP contribution is 2.28. The number of hydrogen-bond acceptors (Lipinski definition) is 4. The van der Waals surface area contributed by atoms with E-state index in [2.05, 4.69) is 22.7 Å². The molecule has 0 fully saturated rings. The molecule has 0 aliphatic heterocycles. The second-order valence-corrected chi connectivity index (χ2v) is 4.10. The Morgan fingerprint density at radius 3 is 2.94 bits per heavy atom. The number of para-hydroxylation sites is 1. The Balaban J connectivity index is 2.41. The lowest BCUT2D eigenvalue weighted by atomic mass is 10.2. The van der Waals surface area contributed by atoms with Crippen molar-refractivity contribution in [3.63, 3.8) is 0 Å². The van der Waals surface area contributed by atoms with E-state index >= 15 is 0 Å². The van der Waals surface area contributed by atoms with Gasteiger partial charge in [-0.25, -0.2) is 0 Å². The van der Waals surface area contributed by atoms with Crippen molar-refractivity contribution in [2.45, 2.75) is 6.92 Å².